The second-order valence-electron chi connectivity index (χ2n) is 7.24. The summed E-state index contributed by atoms with van der Waals surface area (Å²) in [5, 5.41) is 0. The number of para-hydroxylation sites is 1. The molecule has 0 spiro atoms. The summed E-state index contributed by atoms with van der Waals surface area (Å²) in [5.74, 6) is 0.877. The molecule has 0 fully saturated rings. The molecule has 32 heavy (non-hydrogen) atoms. The van der Waals surface area contributed by atoms with Crippen molar-refractivity contribution in [1.29, 1.82) is 0 Å². The maximum atomic E-state index is 12.5. The topological polar surface area (TPSA) is 90.7 Å². The van der Waals surface area contributed by atoms with E-state index in [0.717, 1.165) is 39.3 Å². The number of hydrogen-bond acceptors (Lipinski definition) is 2. The molecule has 0 heterocycles. The standard InChI is InChI=1S/C27H23N3O2/c28-27(29)30-26(31)18-25-23(19-8-3-1-4-9-19)12-7-13-24(25)20-14-16-22(17-15-20)32-21-10-5-2-6-11-21/h1-17H,18H2,(H4,28,29,30,31). The van der Waals surface area contributed by atoms with Crippen LogP contribution in [0.1, 0.15) is 5.56 Å². The van der Waals surface area contributed by atoms with Crippen LogP contribution in [0.25, 0.3) is 22.3 Å². The van der Waals surface area contributed by atoms with E-state index in [1.165, 1.54) is 0 Å². The van der Waals surface area contributed by atoms with Crippen LogP contribution in [0.4, 0.5) is 0 Å². The first-order valence-electron chi connectivity index (χ1n) is 10.2. The third-order valence-corrected chi connectivity index (χ3v) is 4.99. The lowest BCUT2D eigenvalue weighted by molar-refractivity contribution is -0.117. The van der Waals surface area contributed by atoms with Gasteiger partial charge in [-0.3, -0.25) is 4.79 Å². The highest BCUT2D eigenvalue weighted by molar-refractivity contribution is 5.94. The quantitative estimate of drug-likeness (QED) is 0.332. The SMILES string of the molecule is NC(N)=NC(=O)Cc1c(-c2ccccc2)cccc1-c1ccc(Oc2ccccc2)cc1. The third-order valence-electron chi connectivity index (χ3n) is 4.99. The minimum Gasteiger partial charge on any atom is -0.457 e. The molecule has 1 amide bonds. The van der Waals surface area contributed by atoms with Gasteiger partial charge < -0.3 is 16.2 Å². The molecule has 0 aliphatic rings. The number of benzene rings is 4. The lowest BCUT2D eigenvalue weighted by Crippen LogP contribution is -2.24. The Bertz CT molecular complexity index is 1230. The van der Waals surface area contributed by atoms with Gasteiger partial charge in [-0.25, -0.2) is 0 Å². The lowest BCUT2D eigenvalue weighted by Gasteiger charge is -2.15. The number of amides is 1. The van der Waals surface area contributed by atoms with Crippen molar-refractivity contribution in [3.8, 4) is 33.8 Å². The van der Waals surface area contributed by atoms with Crippen LogP contribution in [0.15, 0.2) is 108 Å². The number of guanidine groups is 1. The lowest BCUT2D eigenvalue weighted by atomic mass is 9.90. The Morgan fingerprint density at radius 3 is 1.78 bits per heavy atom. The second-order valence-corrected chi connectivity index (χ2v) is 7.24. The van der Waals surface area contributed by atoms with Crippen molar-refractivity contribution in [2.75, 3.05) is 0 Å². The van der Waals surface area contributed by atoms with E-state index in [1.54, 1.807) is 0 Å². The van der Waals surface area contributed by atoms with E-state index < -0.39 is 5.91 Å². The molecule has 0 aliphatic heterocycles. The molecular weight excluding hydrogens is 398 g/mol. The van der Waals surface area contributed by atoms with Crippen molar-refractivity contribution in [1.82, 2.24) is 0 Å². The molecule has 4 rings (SSSR count). The molecule has 5 heteroatoms. The fourth-order valence-electron chi connectivity index (χ4n) is 3.60. The largest absolute Gasteiger partial charge is 0.457 e. The van der Waals surface area contributed by atoms with Crippen LogP contribution in [0.5, 0.6) is 11.5 Å². The Labute approximate surface area is 187 Å². The fraction of sp³-hybridized carbons (Fsp3) is 0.0370. The van der Waals surface area contributed by atoms with Gasteiger partial charge in [-0.15, -0.1) is 0 Å². The van der Waals surface area contributed by atoms with Crippen LogP contribution >= 0.6 is 0 Å². The fourth-order valence-corrected chi connectivity index (χ4v) is 3.60. The van der Waals surface area contributed by atoms with Crippen molar-refractivity contribution >= 4 is 11.9 Å². The Morgan fingerprint density at radius 1 is 0.656 bits per heavy atom. The van der Waals surface area contributed by atoms with Gasteiger partial charge in [0.25, 0.3) is 5.91 Å². The molecule has 0 atom stereocenters. The molecule has 0 aromatic heterocycles. The molecule has 0 unspecified atom stereocenters. The van der Waals surface area contributed by atoms with Crippen LogP contribution in [-0.4, -0.2) is 11.9 Å². The Kier molecular flexibility index (Phi) is 6.28. The first-order valence-corrected chi connectivity index (χ1v) is 10.2. The molecule has 4 aromatic carbocycles. The summed E-state index contributed by atoms with van der Waals surface area (Å²) < 4.78 is 5.90. The molecule has 0 aliphatic carbocycles. The van der Waals surface area contributed by atoms with Gasteiger partial charge in [-0.1, -0.05) is 78.9 Å². The minimum atomic E-state index is -0.390. The van der Waals surface area contributed by atoms with Gasteiger partial charge in [0, 0.05) is 0 Å². The summed E-state index contributed by atoms with van der Waals surface area (Å²) in [6.45, 7) is 0. The number of nitrogens with zero attached hydrogens (tertiary/aromatic N) is 1. The van der Waals surface area contributed by atoms with E-state index in [1.807, 2.05) is 103 Å². The van der Waals surface area contributed by atoms with Gasteiger partial charge in [0.05, 0.1) is 6.42 Å². The Hall–Kier alpha value is -4.38. The minimum absolute atomic E-state index is 0.0839. The third kappa shape index (κ3) is 5.02. The van der Waals surface area contributed by atoms with Crippen LogP contribution in [-0.2, 0) is 11.2 Å². The highest BCUT2D eigenvalue weighted by Crippen LogP contribution is 2.34. The van der Waals surface area contributed by atoms with Crippen molar-refractivity contribution < 1.29 is 9.53 Å². The van der Waals surface area contributed by atoms with Gasteiger partial charge in [0.2, 0.25) is 0 Å². The zero-order chi connectivity index (χ0) is 22.3. The average Bonchev–Trinajstić information content (AvgIpc) is 2.80. The monoisotopic (exact) mass is 421 g/mol. The van der Waals surface area contributed by atoms with Crippen LogP contribution in [0.3, 0.4) is 0 Å². The van der Waals surface area contributed by atoms with Crippen molar-refractivity contribution in [3.05, 3.63) is 109 Å². The summed E-state index contributed by atoms with van der Waals surface area (Å²) in [5.41, 5.74) is 15.6. The molecule has 4 aromatic rings. The number of rotatable bonds is 6. The summed E-state index contributed by atoms with van der Waals surface area (Å²) in [4.78, 5) is 16.2. The van der Waals surface area contributed by atoms with E-state index in [2.05, 4.69) is 4.99 Å². The van der Waals surface area contributed by atoms with E-state index in [4.69, 9.17) is 16.2 Å². The number of carbonyl (C=O) groups excluding carboxylic acids is 1. The molecule has 5 nitrogen and oxygen atoms in total. The highest BCUT2D eigenvalue weighted by Gasteiger charge is 2.15. The van der Waals surface area contributed by atoms with Crippen LogP contribution in [0.2, 0.25) is 0 Å². The van der Waals surface area contributed by atoms with Gasteiger partial charge in [-0.05, 0) is 52.1 Å². The number of ether oxygens (including phenoxy) is 1. The molecule has 0 saturated carbocycles. The van der Waals surface area contributed by atoms with Crippen LogP contribution < -0.4 is 16.2 Å². The molecule has 0 radical (unpaired) electrons. The predicted octanol–water partition coefficient (Wildman–Crippen LogP) is 5.16. The number of nitrogens with two attached hydrogens (primary N) is 2. The highest BCUT2D eigenvalue weighted by atomic mass is 16.5. The first kappa shape index (κ1) is 20.9. The summed E-state index contributed by atoms with van der Waals surface area (Å²) in [6.07, 6.45) is 0.0839. The number of hydrogen-bond donors (Lipinski definition) is 2. The average molecular weight is 422 g/mol. The molecule has 0 bridgehead atoms. The van der Waals surface area contributed by atoms with Gasteiger partial charge in [-0.2, -0.15) is 4.99 Å². The summed E-state index contributed by atoms with van der Waals surface area (Å²) in [7, 11) is 0. The Morgan fingerprint density at radius 2 is 1.19 bits per heavy atom. The van der Waals surface area contributed by atoms with Gasteiger partial charge in [0.15, 0.2) is 5.96 Å². The maximum Gasteiger partial charge on any atom is 0.253 e. The van der Waals surface area contributed by atoms with Crippen molar-refractivity contribution in [3.63, 3.8) is 0 Å². The van der Waals surface area contributed by atoms with Crippen molar-refractivity contribution in [2.45, 2.75) is 6.42 Å². The number of carbonyl (C=O) groups is 1. The molecular formula is C27H23N3O2. The van der Waals surface area contributed by atoms with Gasteiger partial charge >= 0.3 is 0 Å². The van der Waals surface area contributed by atoms with E-state index >= 15 is 0 Å². The maximum absolute atomic E-state index is 12.5. The number of aliphatic imine (C=N–C) groups is 1. The molecule has 4 N–H and O–H groups in total. The molecule has 0 saturated heterocycles. The summed E-state index contributed by atoms with van der Waals surface area (Å²) >= 11 is 0. The summed E-state index contributed by atoms with van der Waals surface area (Å²) in [6, 6.07) is 33.3. The zero-order valence-corrected chi connectivity index (χ0v) is 17.4. The Balaban J connectivity index is 1.73. The van der Waals surface area contributed by atoms with E-state index in [0.29, 0.717) is 0 Å². The van der Waals surface area contributed by atoms with Crippen LogP contribution in [0, 0.1) is 0 Å². The predicted molar refractivity (Wildman–Crippen MR) is 128 cm³/mol. The smallest absolute Gasteiger partial charge is 0.253 e. The zero-order valence-electron chi connectivity index (χ0n) is 17.4. The van der Waals surface area contributed by atoms with Crippen molar-refractivity contribution in [2.24, 2.45) is 16.5 Å². The normalized spacial score (nSPS) is 10.4. The first-order chi connectivity index (χ1) is 15.6. The van der Waals surface area contributed by atoms with E-state index in [-0.39, 0.29) is 12.4 Å². The second kappa shape index (κ2) is 9.62. The van der Waals surface area contributed by atoms with E-state index in [9.17, 15) is 4.79 Å². The molecule has 158 valence electrons. The van der Waals surface area contributed by atoms with Gasteiger partial charge in [0.1, 0.15) is 11.5 Å².